The molecule has 0 atom stereocenters. The van der Waals surface area contributed by atoms with Gasteiger partial charge in [-0.2, -0.15) is 8.78 Å². The van der Waals surface area contributed by atoms with Crippen LogP contribution in [-0.2, 0) is 4.79 Å². The number of hydrogen-bond donors (Lipinski definition) is 1. The third-order valence-electron chi connectivity index (χ3n) is 3.83. The Kier molecular flexibility index (Phi) is 4.92. The summed E-state index contributed by atoms with van der Waals surface area (Å²) in [6.07, 6.45) is 1.33. The van der Waals surface area contributed by atoms with Gasteiger partial charge in [0.15, 0.2) is 0 Å². The van der Waals surface area contributed by atoms with E-state index in [1.807, 2.05) is 0 Å². The van der Waals surface area contributed by atoms with Gasteiger partial charge < -0.3 is 15.0 Å². The minimum atomic E-state index is -2.89. The molecule has 2 amide bonds. The van der Waals surface area contributed by atoms with Gasteiger partial charge in [0.1, 0.15) is 5.75 Å². The van der Waals surface area contributed by atoms with Gasteiger partial charge in [-0.1, -0.05) is 6.07 Å². The number of benzene rings is 2. The molecule has 0 unspecified atom stereocenters. The molecule has 0 aliphatic carbocycles. The average molecular weight is 346 g/mol. The van der Waals surface area contributed by atoms with E-state index < -0.39 is 6.61 Å². The van der Waals surface area contributed by atoms with Crippen molar-refractivity contribution in [1.29, 1.82) is 0 Å². The van der Waals surface area contributed by atoms with E-state index in [-0.39, 0.29) is 17.6 Å². The average Bonchev–Trinajstić information content (AvgIpc) is 3.02. The number of amides is 2. The molecule has 1 N–H and O–H groups in total. The van der Waals surface area contributed by atoms with Gasteiger partial charge in [0.25, 0.3) is 5.91 Å². The van der Waals surface area contributed by atoms with Crippen molar-refractivity contribution >= 4 is 23.2 Å². The van der Waals surface area contributed by atoms with E-state index in [2.05, 4.69) is 10.1 Å². The molecule has 2 aromatic carbocycles. The topological polar surface area (TPSA) is 58.6 Å². The molecule has 1 heterocycles. The number of hydrogen-bond acceptors (Lipinski definition) is 3. The Morgan fingerprint density at radius 3 is 2.56 bits per heavy atom. The zero-order chi connectivity index (χ0) is 17.8. The fourth-order valence-corrected chi connectivity index (χ4v) is 2.66. The summed E-state index contributed by atoms with van der Waals surface area (Å²) in [6.45, 7) is -2.24. The van der Waals surface area contributed by atoms with Crippen molar-refractivity contribution < 1.29 is 23.1 Å². The number of anilines is 2. The van der Waals surface area contributed by atoms with Crippen LogP contribution in [0.4, 0.5) is 20.2 Å². The zero-order valence-electron chi connectivity index (χ0n) is 13.2. The lowest BCUT2D eigenvalue weighted by molar-refractivity contribution is -0.117. The minimum Gasteiger partial charge on any atom is -0.435 e. The summed E-state index contributed by atoms with van der Waals surface area (Å²) in [5.41, 5.74) is 1.55. The molecule has 1 fully saturated rings. The lowest BCUT2D eigenvalue weighted by Gasteiger charge is -2.16. The van der Waals surface area contributed by atoms with Crippen molar-refractivity contribution in [2.45, 2.75) is 19.5 Å². The van der Waals surface area contributed by atoms with Crippen molar-refractivity contribution in [3.63, 3.8) is 0 Å². The zero-order valence-corrected chi connectivity index (χ0v) is 13.2. The number of nitrogens with zero attached hydrogens (tertiary/aromatic N) is 1. The first-order chi connectivity index (χ1) is 12.0. The number of rotatable bonds is 5. The van der Waals surface area contributed by atoms with Crippen molar-refractivity contribution in [2.24, 2.45) is 0 Å². The van der Waals surface area contributed by atoms with Crippen molar-refractivity contribution in [2.75, 3.05) is 16.8 Å². The number of halogens is 2. The predicted molar refractivity (Wildman–Crippen MR) is 89.1 cm³/mol. The summed E-state index contributed by atoms with van der Waals surface area (Å²) >= 11 is 0. The first kappa shape index (κ1) is 16.9. The van der Waals surface area contributed by atoms with Crippen molar-refractivity contribution in [3.8, 4) is 5.75 Å². The Hall–Kier alpha value is -2.96. The van der Waals surface area contributed by atoms with Gasteiger partial charge in [-0.15, -0.1) is 0 Å². The maximum atomic E-state index is 12.4. The van der Waals surface area contributed by atoms with Crippen LogP contribution in [0.15, 0.2) is 48.5 Å². The largest absolute Gasteiger partial charge is 0.435 e. The van der Waals surface area contributed by atoms with E-state index in [9.17, 15) is 18.4 Å². The maximum absolute atomic E-state index is 12.4. The van der Waals surface area contributed by atoms with Crippen molar-refractivity contribution in [1.82, 2.24) is 0 Å². The third kappa shape index (κ3) is 4.12. The molecular weight excluding hydrogens is 330 g/mol. The van der Waals surface area contributed by atoms with E-state index in [1.165, 1.54) is 24.3 Å². The molecule has 1 aliphatic rings. The van der Waals surface area contributed by atoms with Crippen LogP contribution in [0, 0.1) is 0 Å². The van der Waals surface area contributed by atoms with Crippen LogP contribution in [0.2, 0.25) is 0 Å². The van der Waals surface area contributed by atoms with Crippen LogP contribution in [0.3, 0.4) is 0 Å². The SMILES string of the molecule is O=C(Nc1ccc(OC(F)F)cc1)c1cccc(N2CCCC2=O)c1. The highest BCUT2D eigenvalue weighted by atomic mass is 19.3. The Morgan fingerprint density at radius 1 is 1.16 bits per heavy atom. The molecule has 0 saturated carbocycles. The van der Waals surface area contributed by atoms with Crippen LogP contribution in [0.1, 0.15) is 23.2 Å². The molecule has 3 rings (SSSR count). The smallest absolute Gasteiger partial charge is 0.387 e. The summed E-state index contributed by atoms with van der Waals surface area (Å²) < 4.78 is 28.5. The van der Waals surface area contributed by atoms with Gasteiger partial charge in [-0.3, -0.25) is 9.59 Å². The van der Waals surface area contributed by atoms with E-state index in [4.69, 9.17) is 0 Å². The second kappa shape index (κ2) is 7.29. The number of ether oxygens (including phenoxy) is 1. The van der Waals surface area contributed by atoms with Gasteiger partial charge in [0, 0.05) is 29.9 Å². The quantitative estimate of drug-likeness (QED) is 0.899. The minimum absolute atomic E-state index is 0.0162. The molecule has 0 radical (unpaired) electrons. The normalized spacial score (nSPS) is 14.0. The molecule has 1 saturated heterocycles. The molecule has 0 aromatic heterocycles. The lowest BCUT2D eigenvalue weighted by Crippen LogP contribution is -2.24. The summed E-state index contributed by atoms with van der Waals surface area (Å²) in [4.78, 5) is 25.8. The summed E-state index contributed by atoms with van der Waals surface area (Å²) in [5.74, 6) is -0.286. The Morgan fingerprint density at radius 2 is 1.92 bits per heavy atom. The lowest BCUT2D eigenvalue weighted by atomic mass is 10.1. The maximum Gasteiger partial charge on any atom is 0.387 e. The summed E-state index contributed by atoms with van der Waals surface area (Å²) in [6, 6.07) is 12.5. The first-order valence-electron chi connectivity index (χ1n) is 7.79. The van der Waals surface area contributed by atoms with Crippen LogP contribution < -0.4 is 15.0 Å². The first-order valence-corrected chi connectivity index (χ1v) is 7.79. The number of carbonyl (C=O) groups excluding carboxylic acids is 2. The summed E-state index contributed by atoms with van der Waals surface area (Å²) in [7, 11) is 0. The van der Waals surface area contributed by atoms with Crippen LogP contribution in [-0.4, -0.2) is 25.0 Å². The Labute approximate surface area is 143 Å². The molecule has 1 aliphatic heterocycles. The van der Waals surface area contributed by atoms with Crippen LogP contribution in [0.25, 0.3) is 0 Å². The highest BCUT2D eigenvalue weighted by Gasteiger charge is 2.22. The van der Waals surface area contributed by atoms with E-state index in [1.54, 1.807) is 29.2 Å². The second-order valence-electron chi connectivity index (χ2n) is 5.56. The number of carbonyl (C=O) groups is 2. The van der Waals surface area contributed by atoms with Crippen LogP contribution in [0.5, 0.6) is 5.75 Å². The van der Waals surface area contributed by atoms with Crippen LogP contribution >= 0.6 is 0 Å². The fourth-order valence-electron chi connectivity index (χ4n) is 2.66. The number of alkyl halides is 2. The van der Waals surface area contributed by atoms with E-state index in [0.29, 0.717) is 29.9 Å². The Bertz CT molecular complexity index is 778. The van der Waals surface area contributed by atoms with Gasteiger partial charge >= 0.3 is 6.61 Å². The highest BCUT2D eigenvalue weighted by Crippen LogP contribution is 2.23. The van der Waals surface area contributed by atoms with Gasteiger partial charge in [0.2, 0.25) is 5.91 Å². The summed E-state index contributed by atoms with van der Waals surface area (Å²) in [5, 5.41) is 2.68. The third-order valence-corrected chi connectivity index (χ3v) is 3.83. The molecule has 7 heteroatoms. The molecular formula is C18H16F2N2O3. The van der Waals surface area contributed by atoms with Gasteiger partial charge in [0.05, 0.1) is 0 Å². The fraction of sp³-hybridized carbons (Fsp3) is 0.222. The standard InChI is InChI=1S/C18H16F2N2O3/c19-18(20)25-15-8-6-13(7-9-15)21-17(24)12-3-1-4-14(11-12)22-10-2-5-16(22)23/h1,3-4,6-9,11,18H,2,5,10H2,(H,21,24). The molecule has 2 aromatic rings. The molecule has 130 valence electrons. The monoisotopic (exact) mass is 346 g/mol. The predicted octanol–water partition coefficient (Wildman–Crippen LogP) is 3.67. The van der Waals surface area contributed by atoms with E-state index in [0.717, 1.165) is 6.42 Å². The van der Waals surface area contributed by atoms with Crippen molar-refractivity contribution in [3.05, 3.63) is 54.1 Å². The second-order valence-corrected chi connectivity index (χ2v) is 5.56. The molecule has 25 heavy (non-hydrogen) atoms. The number of nitrogens with one attached hydrogen (secondary N) is 1. The van der Waals surface area contributed by atoms with E-state index >= 15 is 0 Å². The molecule has 0 spiro atoms. The van der Waals surface area contributed by atoms with Gasteiger partial charge in [-0.25, -0.2) is 0 Å². The van der Waals surface area contributed by atoms with Gasteiger partial charge in [-0.05, 0) is 48.9 Å². The molecule has 0 bridgehead atoms. The molecule has 5 nitrogen and oxygen atoms in total. The highest BCUT2D eigenvalue weighted by molar-refractivity contribution is 6.05. The Balaban J connectivity index is 1.70.